The summed E-state index contributed by atoms with van der Waals surface area (Å²) in [7, 11) is 0. The molecule has 0 saturated carbocycles. The summed E-state index contributed by atoms with van der Waals surface area (Å²) in [6, 6.07) is 0.590. The first-order valence-electron chi connectivity index (χ1n) is 6.60. The molecule has 1 atom stereocenters. The molecule has 1 aromatic rings. The van der Waals surface area contributed by atoms with E-state index in [2.05, 4.69) is 18.7 Å². The average Bonchev–Trinajstić information content (AvgIpc) is 2.88. The highest BCUT2D eigenvalue weighted by molar-refractivity contribution is 7.12. The van der Waals surface area contributed by atoms with Crippen LogP contribution in [0.15, 0.2) is 0 Å². The number of aromatic nitrogens is 1. The molecule has 1 fully saturated rings. The Kier molecular flexibility index (Phi) is 2.76. The number of nitrogens with two attached hydrogens (primary N) is 1. The third kappa shape index (κ3) is 1.92. The Balaban J connectivity index is 1.83. The highest BCUT2D eigenvalue weighted by Crippen LogP contribution is 2.37. The van der Waals surface area contributed by atoms with Crippen LogP contribution in [0.5, 0.6) is 0 Å². The maximum Gasteiger partial charge on any atom is 0.114 e. The van der Waals surface area contributed by atoms with Crippen molar-refractivity contribution in [2.75, 3.05) is 13.1 Å². The predicted molar refractivity (Wildman–Crippen MR) is 71.3 cm³/mol. The lowest BCUT2D eigenvalue weighted by Gasteiger charge is -2.24. The van der Waals surface area contributed by atoms with Crippen LogP contribution in [0, 0.1) is 0 Å². The number of nitrogens with zero attached hydrogens (tertiary/aromatic N) is 2. The van der Waals surface area contributed by atoms with E-state index in [9.17, 15) is 0 Å². The molecule has 0 bridgehead atoms. The van der Waals surface area contributed by atoms with E-state index in [1.54, 1.807) is 0 Å². The fraction of sp³-hybridized carbons (Fsp3) is 0.769. The van der Waals surface area contributed by atoms with Crippen LogP contribution in [-0.2, 0) is 18.4 Å². The molecular formula is C13H21N3S. The number of thiazole rings is 1. The van der Waals surface area contributed by atoms with Gasteiger partial charge in [-0.25, -0.2) is 4.98 Å². The Labute approximate surface area is 107 Å². The van der Waals surface area contributed by atoms with Crippen LogP contribution in [0.25, 0.3) is 0 Å². The lowest BCUT2D eigenvalue weighted by molar-refractivity contribution is 0.257. The van der Waals surface area contributed by atoms with Gasteiger partial charge in [0.15, 0.2) is 0 Å². The topological polar surface area (TPSA) is 42.1 Å². The second-order valence-electron chi connectivity index (χ2n) is 5.71. The average molecular weight is 251 g/mol. The Morgan fingerprint density at radius 2 is 2.24 bits per heavy atom. The van der Waals surface area contributed by atoms with Crippen LogP contribution in [-0.4, -0.2) is 29.0 Å². The Hall–Kier alpha value is -0.450. The standard InChI is InChI=1S/C13H21N3S/c1-9(2)16-7-6-13(14,8-16)12-15-10-4-3-5-11(10)17-12/h9H,3-8,14H2,1-2H3. The minimum atomic E-state index is -0.181. The van der Waals surface area contributed by atoms with Crippen LogP contribution in [0.1, 0.15) is 42.3 Å². The molecule has 0 aromatic carbocycles. The lowest BCUT2D eigenvalue weighted by atomic mass is 10.0. The molecule has 2 heterocycles. The normalized spacial score (nSPS) is 29.2. The third-order valence-electron chi connectivity index (χ3n) is 4.08. The van der Waals surface area contributed by atoms with Crippen molar-refractivity contribution in [1.29, 1.82) is 0 Å². The number of rotatable bonds is 2. The Morgan fingerprint density at radius 3 is 2.88 bits per heavy atom. The van der Waals surface area contributed by atoms with Gasteiger partial charge in [-0.1, -0.05) is 0 Å². The van der Waals surface area contributed by atoms with Crippen molar-refractivity contribution in [3.63, 3.8) is 0 Å². The number of likely N-dealkylation sites (tertiary alicyclic amines) is 1. The van der Waals surface area contributed by atoms with Gasteiger partial charge in [-0.2, -0.15) is 0 Å². The van der Waals surface area contributed by atoms with E-state index in [4.69, 9.17) is 10.7 Å². The van der Waals surface area contributed by atoms with Gasteiger partial charge in [-0.3, -0.25) is 4.90 Å². The monoisotopic (exact) mass is 251 g/mol. The summed E-state index contributed by atoms with van der Waals surface area (Å²) in [6.07, 6.45) is 4.72. The van der Waals surface area contributed by atoms with Crippen LogP contribution in [0.2, 0.25) is 0 Å². The first kappa shape index (κ1) is 11.6. The molecule has 0 amide bonds. The number of hydrogen-bond donors (Lipinski definition) is 1. The van der Waals surface area contributed by atoms with Crippen LogP contribution in [0.3, 0.4) is 0 Å². The highest BCUT2D eigenvalue weighted by Gasteiger charge is 2.40. The van der Waals surface area contributed by atoms with E-state index in [0.29, 0.717) is 6.04 Å². The van der Waals surface area contributed by atoms with E-state index in [1.807, 2.05) is 11.3 Å². The molecule has 2 N–H and O–H groups in total. The quantitative estimate of drug-likeness (QED) is 0.873. The highest BCUT2D eigenvalue weighted by atomic mass is 32.1. The van der Waals surface area contributed by atoms with Gasteiger partial charge in [-0.15, -0.1) is 11.3 Å². The van der Waals surface area contributed by atoms with Crippen molar-refractivity contribution in [2.24, 2.45) is 5.73 Å². The first-order chi connectivity index (χ1) is 8.08. The Morgan fingerprint density at radius 1 is 1.41 bits per heavy atom. The largest absolute Gasteiger partial charge is 0.318 e. The number of fused-ring (bicyclic) bond motifs is 1. The van der Waals surface area contributed by atoms with Gasteiger partial charge in [0.05, 0.1) is 11.2 Å². The minimum absolute atomic E-state index is 0.181. The van der Waals surface area contributed by atoms with Crippen molar-refractivity contribution >= 4 is 11.3 Å². The SMILES string of the molecule is CC(C)N1CCC(N)(c2nc3c(s2)CCC3)C1. The van der Waals surface area contributed by atoms with E-state index < -0.39 is 0 Å². The van der Waals surface area contributed by atoms with Gasteiger partial charge in [0, 0.05) is 24.0 Å². The zero-order chi connectivity index (χ0) is 12.0. The van der Waals surface area contributed by atoms with Gasteiger partial charge < -0.3 is 5.73 Å². The maximum absolute atomic E-state index is 6.58. The van der Waals surface area contributed by atoms with Crippen molar-refractivity contribution in [3.05, 3.63) is 15.6 Å². The summed E-state index contributed by atoms with van der Waals surface area (Å²) in [5.74, 6) is 0. The fourth-order valence-corrected chi connectivity index (χ4v) is 4.15. The van der Waals surface area contributed by atoms with Crippen molar-refractivity contribution in [1.82, 2.24) is 9.88 Å². The zero-order valence-corrected chi connectivity index (χ0v) is 11.5. The molecule has 94 valence electrons. The van der Waals surface area contributed by atoms with Gasteiger partial charge in [0.2, 0.25) is 0 Å². The van der Waals surface area contributed by atoms with E-state index in [-0.39, 0.29) is 5.54 Å². The van der Waals surface area contributed by atoms with Crippen molar-refractivity contribution in [2.45, 2.75) is 51.1 Å². The van der Waals surface area contributed by atoms with Crippen molar-refractivity contribution in [3.8, 4) is 0 Å². The molecule has 1 unspecified atom stereocenters. The summed E-state index contributed by atoms with van der Waals surface area (Å²) in [5.41, 5.74) is 7.73. The van der Waals surface area contributed by atoms with Crippen LogP contribution < -0.4 is 5.73 Å². The summed E-state index contributed by atoms with van der Waals surface area (Å²) in [5, 5.41) is 1.19. The van der Waals surface area contributed by atoms with Gasteiger partial charge in [0.25, 0.3) is 0 Å². The molecule has 3 nitrogen and oxygen atoms in total. The Bertz CT molecular complexity index is 405. The molecule has 1 aromatic heterocycles. The zero-order valence-electron chi connectivity index (χ0n) is 10.7. The maximum atomic E-state index is 6.58. The molecule has 0 radical (unpaired) electrons. The molecule has 3 rings (SSSR count). The third-order valence-corrected chi connectivity index (χ3v) is 5.46. The molecule has 1 aliphatic heterocycles. The minimum Gasteiger partial charge on any atom is -0.318 e. The molecule has 0 spiro atoms. The molecule has 1 saturated heterocycles. The fourth-order valence-electron chi connectivity index (χ4n) is 2.88. The van der Waals surface area contributed by atoms with E-state index in [0.717, 1.165) is 25.9 Å². The number of hydrogen-bond acceptors (Lipinski definition) is 4. The molecule has 17 heavy (non-hydrogen) atoms. The predicted octanol–water partition coefficient (Wildman–Crippen LogP) is 1.90. The lowest BCUT2D eigenvalue weighted by Crippen LogP contribution is -2.41. The van der Waals surface area contributed by atoms with E-state index in [1.165, 1.54) is 28.4 Å². The molecular weight excluding hydrogens is 230 g/mol. The molecule has 4 heteroatoms. The summed E-state index contributed by atoms with van der Waals surface area (Å²) < 4.78 is 0. The smallest absolute Gasteiger partial charge is 0.114 e. The second-order valence-corrected chi connectivity index (χ2v) is 6.80. The summed E-state index contributed by atoms with van der Waals surface area (Å²) >= 11 is 1.87. The van der Waals surface area contributed by atoms with Crippen molar-refractivity contribution < 1.29 is 0 Å². The van der Waals surface area contributed by atoms with E-state index >= 15 is 0 Å². The number of aryl methyl sites for hydroxylation is 2. The molecule has 1 aliphatic carbocycles. The van der Waals surface area contributed by atoms with Crippen LogP contribution in [0.4, 0.5) is 0 Å². The van der Waals surface area contributed by atoms with Gasteiger partial charge in [0.1, 0.15) is 5.01 Å². The summed E-state index contributed by atoms with van der Waals surface area (Å²) in [6.45, 7) is 6.57. The van der Waals surface area contributed by atoms with Gasteiger partial charge in [-0.05, 0) is 39.5 Å². The second kappa shape index (κ2) is 4.04. The first-order valence-corrected chi connectivity index (χ1v) is 7.42. The van der Waals surface area contributed by atoms with Gasteiger partial charge >= 0.3 is 0 Å². The summed E-state index contributed by atoms with van der Waals surface area (Å²) in [4.78, 5) is 8.76. The van der Waals surface area contributed by atoms with Crippen LogP contribution >= 0.6 is 11.3 Å². The molecule has 2 aliphatic rings.